The fraction of sp³-hybridized carbons (Fsp3) is 0.0851. The summed E-state index contributed by atoms with van der Waals surface area (Å²) in [6.45, 7) is 9.57. The van der Waals surface area contributed by atoms with Gasteiger partial charge in [-0.15, -0.1) is 0 Å². The highest BCUT2D eigenvalue weighted by Gasteiger charge is 2.45. The zero-order valence-electron chi connectivity index (χ0n) is 55.4. The fourth-order valence-electron chi connectivity index (χ4n) is 16.4. The van der Waals surface area contributed by atoms with Crippen LogP contribution in [0.2, 0.25) is 0 Å². The van der Waals surface area contributed by atoms with E-state index in [1.807, 2.05) is 0 Å². The molecule has 18 rings (SSSR count). The van der Waals surface area contributed by atoms with Gasteiger partial charge in [0.1, 0.15) is 0 Å². The molecule has 0 N–H and O–H groups in total. The first kappa shape index (κ1) is 58.6. The molecule has 0 radical (unpaired) electrons. The van der Waals surface area contributed by atoms with E-state index in [1.165, 1.54) is 76.5 Å². The number of hydrogen-bond donors (Lipinski definition) is 0. The third-order valence-electron chi connectivity index (χ3n) is 21.5. The molecule has 0 amide bonds. The Morgan fingerprint density at radius 3 is 1.14 bits per heavy atom. The minimum absolute atomic E-state index is 0.0275. The third-order valence-corrected chi connectivity index (χ3v) is 21.5. The molecule has 0 aliphatic heterocycles. The summed E-state index contributed by atoms with van der Waals surface area (Å²) in [7, 11) is 0. The minimum atomic E-state index is -0.147. The molecular weight excluding hydrogens is 1190 g/mol. The molecule has 0 fully saturated rings. The van der Waals surface area contributed by atoms with Crippen molar-refractivity contribution in [1.82, 2.24) is 0 Å². The number of fused-ring (bicyclic) bond motifs is 10. The summed E-state index contributed by atoms with van der Waals surface area (Å²) in [5.74, 6) is 0.799. The largest absolute Gasteiger partial charge is 0.310 e. The Morgan fingerprint density at radius 1 is 0.255 bits per heavy atom. The number of nitrogens with zero attached hydrogens (tertiary/aromatic N) is 4. The van der Waals surface area contributed by atoms with E-state index in [2.05, 4.69) is 399 Å². The van der Waals surface area contributed by atoms with Crippen LogP contribution >= 0.6 is 0 Å². The van der Waals surface area contributed by atoms with E-state index in [0.717, 1.165) is 79.4 Å². The zero-order valence-corrected chi connectivity index (χ0v) is 55.4. The lowest BCUT2D eigenvalue weighted by atomic mass is 9.74. The topological polar surface area (TPSA) is 13.0 Å². The van der Waals surface area contributed by atoms with E-state index in [0.29, 0.717) is 11.8 Å². The van der Waals surface area contributed by atoms with Crippen molar-refractivity contribution in [3.05, 3.63) is 374 Å². The number of rotatable bonds is 13. The molecule has 0 spiro atoms. The molecule has 2 unspecified atom stereocenters. The van der Waals surface area contributed by atoms with Crippen LogP contribution in [0, 0.1) is 5.92 Å². The molecule has 15 aromatic rings. The van der Waals surface area contributed by atoms with Crippen LogP contribution in [0.3, 0.4) is 0 Å². The molecule has 4 heteroatoms. The molecule has 3 aliphatic rings. The van der Waals surface area contributed by atoms with Crippen LogP contribution in [0.15, 0.2) is 352 Å². The second-order valence-corrected chi connectivity index (χ2v) is 27.7. The maximum absolute atomic E-state index is 2.47. The lowest BCUT2D eigenvalue weighted by Crippen LogP contribution is -2.24. The van der Waals surface area contributed by atoms with Crippen molar-refractivity contribution >= 4 is 111 Å². The number of hydrogen-bond acceptors (Lipinski definition) is 4. The second-order valence-electron chi connectivity index (χ2n) is 27.7. The zero-order chi connectivity index (χ0) is 65.6. The van der Waals surface area contributed by atoms with E-state index < -0.39 is 0 Å². The molecule has 0 aromatic heterocycles. The Kier molecular flexibility index (Phi) is 14.0. The summed E-state index contributed by atoms with van der Waals surface area (Å²) >= 11 is 0. The van der Waals surface area contributed by atoms with Crippen molar-refractivity contribution < 1.29 is 0 Å². The molecule has 15 aromatic carbocycles. The SMILES string of the molecule is CC1(C)c2ccccc2-c2ccc(N(c3ccc(N(c4ccc(-c5ccc(N(c6ccc(N(c7ccc8c(c7)C(C)(C)C7C=CC=CC87)c7cccc8ccccc78)cc6)c6ccc7ccccc7c6)cc5)cc4)c4ccc5ccccc5c4)cc3)c3cccc4ccccc34)cc21. The van der Waals surface area contributed by atoms with Gasteiger partial charge in [0, 0.05) is 79.0 Å². The first-order valence-corrected chi connectivity index (χ1v) is 34.4. The summed E-state index contributed by atoms with van der Waals surface area (Å²) in [6, 6.07) is 121. The van der Waals surface area contributed by atoms with E-state index >= 15 is 0 Å². The van der Waals surface area contributed by atoms with E-state index in [4.69, 9.17) is 0 Å². The fourth-order valence-corrected chi connectivity index (χ4v) is 16.4. The standard InChI is InChI=1S/C94H72N4/c1-93(2)87-31-15-13-29-83(87)85-57-55-79(61-89(85)93)97(91-33-17-25-67-21-9-11-27-81(67)91)75-51-47-73(48-52-75)95(77-45-39-63-19-5-7-23-69(63)59-77)71-41-35-65(36-42-71)66-37-43-72(44-38-66)96(78-46-40-64-20-6-8-24-70(64)60-78)74-49-53-76(54-50-74)98(92-34-18-26-68-22-10-12-28-82(68)92)80-56-58-86-84-30-14-16-32-88(84)94(3,4)90(86)62-80/h5-62,83,87H,1-4H3. The maximum Gasteiger partial charge on any atom is 0.0540 e. The summed E-state index contributed by atoms with van der Waals surface area (Å²) in [4.78, 5) is 9.69. The van der Waals surface area contributed by atoms with Gasteiger partial charge in [-0.2, -0.15) is 0 Å². The first-order chi connectivity index (χ1) is 48.1. The molecule has 2 atom stereocenters. The second kappa shape index (κ2) is 23.4. The Morgan fingerprint density at radius 2 is 0.622 bits per heavy atom. The van der Waals surface area contributed by atoms with Gasteiger partial charge in [0.25, 0.3) is 0 Å². The van der Waals surface area contributed by atoms with Crippen molar-refractivity contribution in [2.75, 3.05) is 19.6 Å². The van der Waals surface area contributed by atoms with Crippen LogP contribution in [0.4, 0.5) is 68.2 Å². The molecule has 468 valence electrons. The average Bonchev–Trinajstić information content (AvgIpc) is 1.57. The van der Waals surface area contributed by atoms with Crippen LogP contribution in [0.1, 0.15) is 55.9 Å². The Labute approximate surface area is 574 Å². The summed E-state index contributed by atoms with van der Waals surface area (Å²) < 4.78 is 0. The lowest BCUT2D eigenvalue weighted by molar-refractivity contribution is 0.394. The predicted molar refractivity (Wildman–Crippen MR) is 416 cm³/mol. The highest BCUT2D eigenvalue weighted by Crippen LogP contribution is 2.56. The number of benzene rings is 15. The van der Waals surface area contributed by atoms with Gasteiger partial charge in [-0.05, 0) is 222 Å². The molecule has 0 heterocycles. The van der Waals surface area contributed by atoms with E-state index in [1.54, 1.807) is 0 Å². The maximum atomic E-state index is 2.47. The molecule has 0 bridgehead atoms. The Bertz CT molecular complexity index is 5650. The van der Waals surface area contributed by atoms with Gasteiger partial charge in [0.15, 0.2) is 0 Å². The van der Waals surface area contributed by atoms with Crippen molar-refractivity contribution in [1.29, 1.82) is 0 Å². The summed E-state index contributed by atoms with van der Waals surface area (Å²) in [5, 5.41) is 9.63. The lowest BCUT2D eigenvalue weighted by Gasteiger charge is -2.31. The normalized spacial score (nSPS) is 15.2. The van der Waals surface area contributed by atoms with Crippen molar-refractivity contribution in [3.63, 3.8) is 0 Å². The van der Waals surface area contributed by atoms with Crippen molar-refractivity contribution in [2.45, 2.75) is 44.4 Å². The van der Waals surface area contributed by atoms with Gasteiger partial charge in [-0.3, -0.25) is 0 Å². The molecule has 4 nitrogen and oxygen atoms in total. The van der Waals surface area contributed by atoms with Crippen LogP contribution < -0.4 is 19.6 Å². The summed E-state index contributed by atoms with van der Waals surface area (Å²) in [5.41, 5.74) is 23.5. The van der Waals surface area contributed by atoms with Gasteiger partial charge in [0.05, 0.1) is 11.4 Å². The van der Waals surface area contributed by atoms with Gasteiger partial charge in [-0.25, -0.2) is 0 Å². The number of allylic oxidation sites excluding steroid dienone is 4. The van der Waals surface area contributed by atoms with Gasteiger partial charge in [-0.1, -0.05) is 246 Å². The minimum Gasteiger partial charge on any atom is -0.310 e. The predicted octanol–water partition coefficient (Wildman–Crippen LogP) is 26.3. The molecule has 98 heavy (non-hydrogen) atoms. The molecule has 3 aliphatic carbocycles. The van der Waals surface area contributed by atoms with Crippen molar-refractivity contribution in [2.24, 2.45) is 5.92 Å². The van der Waals surface area contributed by atoms with Gasteiger partial charge < -0.3 is 19.6 Å². The molecule has 0 saturated heterocycles. The molecule has 0 saturated carbocycles. The number of anilines is 12. The molecular formula is C94H72N4. The van der Waals surface area contributed by atoms with Crippen LogP contribution in [0.25, 0.3) is 65.3 Å². The Hall–Kier alpha value is -12.0. The van der Waals surface area contributed by atoms with Gasteiger partial charge in [0.2, 0.25) is 0 Å². The smallest absolute Gasteiger partial charge is 0.0540 e. The van der Waals surface area contributed by atoms with Crippen LogP contribution in [0.5, 0.6) is 0 Å². The average molecular weight is 1260 g/mol. The monoisotopic (exact) mass is 1260 g/mol. The van der Waals surface area contributed by atoms with E-state index in [-0.39, 0.29) is 10.8 Å². The summed E-state index contributed by atoms with van der Waals surface area (Å²) in [6.07, 6.45) is 9.25. The highest BCUT2D eigenvalue weighted by atomic mass is 15.2. The first-order valence-electron chi connectivity index (χ1n) is 34.4. The quantitative estimate of drug-likeness (QED) is 0.114. The van der Waals surface area contributed by atoms with Crippen LogP contribution in [-0.4, -0.2) is 0 Å². The Balaban J connectivity index is 0.693. The van der Waals surface area contributed by atoms with Crippen LogP contribution in [-0.2, 0) is 10.8 Å². The van der Waals surface area contributed by atoms with Gasteiger partial charge >= 0.3 is 0 Å². The van der Waals surface area contributed by atoms with Crippen molar-refractivity contribution in [3.8, 4) is 22.3 Å². The third kappa shape index (κ3) is 9.89. The highest BCUT2D eigenvalue weighted by molar-refractivity contribution is 6.02. The van der Waals surface area contributed by atoms with E-state index in [9.17, 15) is 0 Å².